The van der Waals surface area contributed by atoms with Crippen molar-refractivity contribution < 1.29 is 19.0 Å². The standard InChI is InChI=1S/C26H27BrN2O4/c1-4-13-32-24-11-9-20(15-25(24)31-3)26(30)29-28-16-21-14-22(27)10-12-23(21)33-17-19-7-5-18(2)6-8-19/h5-12,14-16H,4,13,17H2,1-3H3,(H,29,30)/b28-16+. The lowest BCUT2D eigenvalue weighted by molar-refractivity contribution is 0.0954. The number of methoxy groups -OCH3 is 1. The Bertz CT molecular complexity index is 1110. The van der Waals surface area contributed by atoms with Crippen molar-refractivity contribution in [3.63, 3.8) is 0 Å². The van der Waals surface area contributed by atoms with Crippen molar-refractivity contribution in [1.29, 1.82) is 0 Å². The van der Waals surface area contributed by atoms with Crippen LogP contribution < -0.4 is 19.6 Å². The van der Waals surface area contributed by atoms with Crippen LogP contribution in [-0.2, 0) is 6.61 Å². The summed E-state index contributed by atoms with van der Waals surface area (Å²) in [6, 6.07) is 18.8. The fraction of sp³-hybridized carbons (Fsp3) is 0.231. The van der Waals surface area contributed by atoms with Crippen LogP contribution >= 0.6 is 15.9 Å². The molecule has 6 nitrogen and oxygen atoms in total. The largest absolute Gasteiger partial charge is 0.493 e. The lowest BCUT2D eigenvalue weighted by atomic mass is 10.1. The van der Waals surface area contributed by atoms with Crippen molar-refractivity contribution in [3.8, 4) is 17.2 Å². The Morgan fingerprint density at radius 2 is 1.76 bits per heavy atom. The number of nitrogens with zero attached hydrogens (tertiary/aromatic N) is 1. The fourth-order valence-electron chi connectivity index (χ4n) is 2.96. The number of halogens is 1. The number of aryl methyl sites for hydroxylation is 1. The van der Waals surface area contributed by atoms with E-state index in [1.165, 1.54) is 5.56 Å². The highest BCUT2D eigenvalue weighted by Gasteiger charge is 2.11. The molecule has 3 aromatic rings. The molecular formula is C26H27BrN2O4. The molecule has 0 aromatic heterocycles. The van der Waals surface area contributed by atoms with Crippen molar-refractivity contribution in [2.45, 2.75) is 26.9 Å². The van der Waals surface area contributed by atoms with Crippen LogP contribution in [-0.4, -0.2) is 25.8 Å². The molecule has 0 saturated heterocycles. The van der Waals surface area contributed by atoms with E-state index in [1.807, 2.05) is 44.2 Å². The maximum atomic E-state index is 12.6. The lowest BCUT2D eigenvalue weighted by Gasteiger charge is -2.11. The summed E-state index contributed by atoms with van der Waals surface area (Å²) >= 11 is 3.47. The molecule has 0 bridgehead atoms. The fourth-order valence-corrected chi connectivity index (χ4v) is 3.34. The minimum atomic E-state index is -0.358. The molecule has 0 spiro atoms. The van der Waals surface area contributed by atoms with Gasteiger partial charge in [0.25, 0.3) is 5.91 Å². The van der Waals surface area contributed by atoms with Gasteiger partial charge in [-0.05, 0) is 55.3 Å². The van der Waals surface area contributed by atoms with Crippen molar-refractivity contribution in [3.05, 3.63) is 87.4 Å². The molecule has 3 rings (SSSR count). The Morgan fingerprint density at radius 3 is 2.48 bits per heavy atom. The Balaban J connectivity index is 1.67. The normalized spacial score (nSPS) is 10.8. The van der Waals surface area contributed by atoms with Gasteiger partial charge < -0.3 is 14.2 Å². The molecule has 1 amide bonds. The van der Waals surface area contributed by atoms with Crippen LogP contribution in [0.4, 0.5) is 0 Å². The second kappa shape index (κ2) is 12.1. The summed E-state index contributed by atoms with van der Waals surface area (Å²) in [5.74, 6) is 1.40. The molecule has 0 heterocycles. The van der Waals surface area contributed by atoms with Gasteiger partial charge in [0, 0.05) is 15.6 Å². The third-order valence-electron chi connectivity index (χ3n) is 4.74. The van der Waals surface area contributed by atoms with Crippen LogP contribution in [0.15, 0.2) is 70.2 Å². The quantitative estimate of drug-likeness (QED) is 0.272. The Kier molecular flexibility index (Phi) is 8.89. The first-order valence-electron chi connectivity index (χ1n) is 10.6. The summed E-state index contributed by atoms with van der Waals surface area (Å²) in [5.41, 5.74) is 5.97. The molecule has 3 aromatic carbocycles. The summed E-state index contributed by atoms with van der Waals surface area (Å²) in [4.78, 5) is 12.6. The molecular weight excluding hydrogens is 484 g/mol. The second-order valence-corrected chi connectivity index (χ2v) is 8.29. The Labute approximate surface area is 202 Å². The monoisotopic (exact) mass is 510 g/mol. The number of benzene rings is 3. The van der Waals surface area contributed by atoms with Gasteiger partial charge in [0.15, 0.2) is 11.5 Å². The second-order valence-electron chi connectivity index (χ2n) is 7.37. The van der Waals surface area contributed by atoms with Gasteiger partial charge in [0.05, 0.1) is 19.9 Å². The molecule has 0 atom stereocenters. The van der Waals surface area contributed by atoms with E-state index in [0.29, 0.717) is 36.0 Å². The van der Waals surface area contributed by atoms with E-state index in [9.17, 15) is 4.79 Å². The highest BCUT2D eigenvalue weighted by Crippen LogP contribution is 2.28. The topological polar surface area (TPSA) is 69.2 Å². The molecule has 33 heavy (non-hydrogen) atoms. The summed E-state index contributed by atoms with van der Waals surface area (Å²) in [5, 5.41) is 4.12. The smallest absolute Gasteiger partial charge is 0.271 e. The van der Waals surface area contributed by atoms with E-state index in [0.717, 1.165) is 22.0 Å². The van der Waals surface area contributed by atoms with Gasteiger partial charge in [-0.3, -0.25) is 4.79 Å². The molecule has 0 radical (unpaired) electrons. The lowest BCUT2D eigenvalue weighted by Crippen LogP contribution is -2.17. The van der Waals surface area contributed by atoms with Crippen LogP contribution in [0.1, 0.15) is 40.4 Å². The first-order valence-corrected chi connectivity index (χ1v) is 11.4. The van der Waals surface area contributed by atoms with E-state index in [1.54, 1.807) is 31.5 Å². The van der Waals surface area contributed by atoms with E-state index < -0.39 is 0 Å². The van der Waals surface area contributed by atoms with Crippen LogP contribution in [0.3, 0.4) is 0 Å². The number of hydrazone groups is 1. The van der Waals surface area contributed by atoms with Gasteiger partial charge in [-0.1, -0.05) is 52.7 Å². The zero-order valence-electron chi connectivity index (χ0n) is 18.9. The number of carbonyl (C=O) groups is 1. The molecule has 0 aliphatic heterocycles. The highest BCUT2D eigenvalue weighted by atomic mass is 79.9. The maximum absolute atomic E-state index is 12.6. The van der Waals surface area contributed by atoms with Crippen LogP contribution in [0.25, 0.3) is 0 Å². The van der Waals surface area contributed by atoms with Gasteiger partial charge in [-0.25, -0.2) is 5.43 Å². The molecule has 0 aliphatic carbocycles. The molecule has 0 unspecified atom stereocenters. The molecule has 0 aliphatic rings. The molecule has 7 heteroatoms. The maximum Gasteiger partial charge on any atom is 0.271 e. The van der Waals surface area contributed by atoms with Crippen molar-refractivity contribution >= 4 is 28.1 Å². The van der Waals surface area contributed by atoms with Crippen LogP contribution in [0, 0.1) is 6.92 Å². The highest BCUT2D eigenvalue weighted by molar-refractivity contribution is 9.10. The van der Waals surface area contributed by atoms with E-state index in [-0.39, 0.29) is 5.91 Å². The minimum absolute atomic E-state index is 0.358. The zero-order chi connectivity index (χ0) is 23.6. The van der Waals surface area contributed by atoms with E-state index >= 15 is 0 Å². The van der Waals surface area contributed by atoms with Gasteiger partial charge in [0.2, 0.25) is 0 Å². The third kappa shape index (κ3) is 7.08. The Morgan fingerprint density at radius 1 is 1.00 bits per heavy atom. The minimum Gasteiger partial charge on any atom is -0.493 e. The average molecular weight is 511 g/mol. The van der Waals surface area contributed by atoms with Crippen LogP contribution in [0.2, 0.25) is 0 Å². The summed E-state index contributed by atoms with van der Waals surface area (Å²) in [7, 11) is 1.54. The predicted octanol–water partition coefficient (Wildman–Crippen LogP) is 5.90. The van der Waals surface area contributed by atoms with E-state index in [2.05, 4.69) is 38.6 Å². The van der Waals surface area contributed by atoms with Gasteiger partial charge >= 0.3 is 0 Å². The first kappa shape index (κ1) is 24.3. The summed E-state index contributed by atoms with van der Waals surface area (Å²) < 4.78 is 17.8. The van der Waals surface area contributed by atoms with Crippen molar-refractivity contribution in [1.82, 2.24) is 5.43 Å². The molecule has 1 N–H and O–H groups in total. The van der Waals surface area contributed by atoms with Crippen LogP contribution in [0.5, 0.6) is 17.2 Å². The molecule has 172 valence electrons. The molecule has 0 fully saturated rings. The third-order valence-corrected chi connectivity index (χ3v) is 5.24. The molecule has 0 saturated carbocycles. The number of carbonyl (C=O) groups excluding carboxylic acids is 1. The number of ether oxygens (including phenoxy) is 3. The zero-order valence-corrected chi connectivity index (χ0v) is 20.5. The first-order chi connectivity index (χ1) is 16.0. The number of hydrogen-bond acceptors (Lipinski definition) is 5. The number of amides is 1. The average Bonchev–Trinajstić information content (AvgIpc) is 2.83. The van der Waals surface area contributed by atoms with Gasteiger partial charge in [-0.15, -0.1) is 0 Å². The summed E-state index contributed by atoms with van der Waals surface area (Å²) in [6.45, 7) is 5.08. The number of hydrogen-bond donors (Lipinski definition) is 1. The Hall–Kier alpha value is -3.32. The number of nitrogens with one attached hydrogen (secondary N) is 1. The number of rotatable bonds is 10. The van der Waals surface area contributed by atoms with Gasteiger partial charge in [-0.2, -0.15) is 5.10 Å². The van der Waals surface area contributed by atoms with Gasteiger partial charge in [0.1, 0.15) is 12.4 Å². The van der Waals surface area contributed by atoms with Crippen molar-refractivity contribution in [2.24, 2.45) is 5.10 Å². The van der Waals surface area contributed by atoms with Crippen molar-refractivity contribution in [2.75, 3.05) is 13.7 Å². The van der Waals surface area contributed by atoms with E-state index in [4.69, 9.17) is 14.2 Å². The SMILES string of the molecule is CCCOc1ccc(C(=O)N/N=C/c2cc(Br)ccc2OCc2ccc(C)cc2)cc1OC. The predicted molar refractivity (Wildman–Crippen MR) is 133 cm³/mol. The summed E-state index contributed by atoms with van der Waals surface area (Å²) in [6.07, 6.45) is 2.44.